The van der Waals surface area contributed by atoms with Crippen molar-refractivity contribution in [3.63, 3.8) is 0 Å². The molecule has 0 saturated carbocycles. The van der Waals surface area contributed by atoms with Crippen molar-refractivity contribution in [1.29, 1.82) is 0 Å². The highest BCUT2D eigenvalue weighted by Crippen LogP contribution is 2.18. The summed E-state index contributed by atoms with van der Waals surface area (Å²) in [5.74, 6) is 0.292. The molecule has 8 nitrogen and oxygen atoms in total. The van der Waals surface area contributed by atoms with Crippen molar-refractivity contribution in [3.05, 3.63) is 76.7 Å². The van der Waals surface area contributed by atoms with Gasteiger partial charge in [0.15, 0.2) is 0 Å². The Morgan fingerprint density at radius 1 is 1.19 bits per heavy atom. The third-order valence-corrected chi connectivity index (χ3v) is 3.81. The normalized spacial score (nSPS) is 11.0. The molecule has 0 aliphatic carbocycles. The number of aromatic nitrogens is 4. The molecule has 2 N–H and O–H groups in total. The first-order chi connectivity index (χ1) is 12.9. The summed E-state index contributed by atoms with van der Waals surface area (Å²) in [6.45, 7) is 3.59. The molecule has 1 aromatic carbocycles. The highest BCUT2D eigenvalue weighted by Gasteiger charge is 2.27. The third kappa shape index (κ3) is 4.75. The maximum Gasteiger partial charge on any atom is 0.408 e. The third-order valence-electron chi connectivity index (χ3n) is 3.81. The Bertz CT molecular complexity index is 971. The average Bonchev–Trinajstić information content (AvgIpc) is 2.67. The average molecular weight is 365 g/mol. The molecule has 1 amide bonds. The van der Waals surface area contributed by atoms with Crippen molar-refractivity contribution in [2.24, 2.45) is 0 Å². The smallest absolute Gasteiger partial charge is 0.408 e. The largest absolute Gasteiger partial charge is 0.445 e. The van der Waals surface area contributed by atoms with E-state index in [1.54, 1.807) is 26.1 Å². The number of rotatable bonds is 5. The van der Waals surface area contributed by atoms with E-state index < -0.39 is 11.6 Å². The summed E-state index contributed by atoms with van der Waals surface area (Å²) in [4.78, 5) is 39.3. The van der Waals surface area contributed by atoms with Gasteiger partial charge in [-0.25, -0.2) is 19.7 Å². The van der Waals surface area contributed by atoms with Gasteiger partial charge in [-0.15, -0.1) is 0 Å². The van der Waals surface area contributed by atoms with Gasteiger partial charge < -0.3 is 15.0 Å². The number of carbonyl (C=O) groups is 1. The van der Waals surface area contributed by atoms with Crippen LogP contribution in [-0.4, -0.2) is 26.0 Å². The first-order valence-electron chi connectivity index (χ1n) is 8.31. The topological polar surface area (TPSA) is 110 Å². The van der Waals surface area contributed by atoms with Crippen LogP contribution in [0.15, 0.2) is 59.8 Å². The zero-order chi connectivity index (χ0) is 19.3. The molecule has 27 heavy (non-hydrogen) atoms. The standard InChI is InChI=1S/C19H19N5O3/c1-19(2,24-18(26)27-11-13-6-4-3-5-7-13)17-22-15(10-16(25)23-17)14-8-9-20-12-21-14/h3-10,12H,11H2,1-2H3,(H,24,26)(H,22,23,25). The van der Waals surface area contributed by atoms with Crippen LogP contribution in [0.4, 0.5) is 4.79 Å². The SMILES string of the molecule is CC(C)(NC(=O)OCc1ccccc1)c1nc(-c2ccncn2)cc(=O)[nH]1. The zero-order valence-electron chi connectivity index (χ0n) is 15.0. The molecule has 8 heteroatoms. The van der Waals surface area contributed by atoms with Crippen molar-refractivity contribution in [3.8, 4) is 11.4 Å². The molecule has 0 unspecified atom stereocenters. The number of carbonyl (C=O) groups excluding carboxylic acids is 1. The lowest BCUT2D eigenvalue weighted by Crippen LogP contribution is -2.43. The van der Waals surface area contributed by atoms with Crippen LogP contribution in [0.1, 0.15) is 25.2 Å². The Kier molecular flexibility index (Phi) is 5.25. The number of nitrogens with one attached hydrogen (secondary N) is 2. The van der Waals surface area contributed by atoms with Crippen LogP contribution in [0, 0.1) is 0 Å². The van der Waals surface area contributed by atoms with E-state index in [4.69, 9.17) is 4.74 Å². The number of H-pyrrole nitrogens is 1. The van der Waals surface area contributed by atoms with Crippen LogP contribution in [-0.2, 0) is 16.9 Å². The lowest BCUT2D eigenvalue weighted by molar-refractivity contribution is 0.128. The predicted molar refractivity (Wildman–Crippen MR) is 98.7 cm³/mol. The van der Waals surface area contributed by atoms with Gasteiger partial charge in [0, 0.05) is 12.3 Å². The molecule has 0 bridgehead atoms. The van der Waals surface area contributed by atoms with E-state index in [2.05, 4.69) is 25.3 Å². The summed E-state index contributed by atoms with van der Waals surface area (Å²) in [6.07, 6.45) is 2.33. The fraction of sp³-hybridized carbons (Fsp3) is 0.211. The summed E-state index contributed by atoms with van der Waals surface area (Å²) in [5.41, 5.74) is 0.475. The van der Waals surface area contributed by atoms with Crippen molar-refractivity contribution in [2.75, 3.05) is 0 Å². The fourth-order valence-electron chi connectivity index (χ4n) is 2.40. The minimum absolute atomic E-state index is 0.147. The van der Waals surface area contributed by atoms with Gasteiger partial charge in [-0.2, -0.15) is 0 Å². The molecule has 0 atom stereocenters. The quantitative estimate of drug-likeness (QED) is 0.718. The summed E-state index contributed by atoms with van der Waals surface area (Å²) in [7, 11) is 0. The molecule has 0 aliphatic rings. The first kappa shape index (κ1) is 18.2. The molecule has 0 radical (unpaired) electrons. The van der Waals surface area contributed by atoms with Crippen LogP contribution in [0.25, 0.3) is 11.4 Å². The van der Waals surface area contributed by atoms with Crippen molar-refractivity contribution in [1.82, 2.24) is 25.3 Å². The second kappa shape index (κ2) is 7.77. The van der Waals surface area contributed by atoms with Crippen LogP contribution in [0.5, 0.6) is 0 Å². The molecule has 0 saturated heterocycles. The van der Waals surface area contributed by atoms with E-state index in [-0.39, 0.29) is 12.2 Å². The maximum absolute atomic E-state index is 12.2. The summed E-state index contributed by atoms with van der Waals surface area (Å²) in [5, 5.41) is 2.72. The Morgan fingerprint density at radius 2 is 1.96 bits per heavy atom. The Labute approximate surface area is 155 Å². The van der Waals surface area contributed by atoms with Crippen molar-refractivity contribution in [2.45, 2.75) is 26.0 Å². The number of aromatic amines is 1. The van der Waals surface area contributed by atoms with Gasteiger partial charge >= 0.3 is 6.09 Å². The van der Waals surface area contributed by atoms with E-state index in [1.165, 1.54) is 12.4 Å². The lowest BCUT2D eigenvalue weighted by atomic mass is 10.0. The van der Waals surface area contributed by atoms with E-state index in [0.29, 0.717) is 17.2 Å². The van der Waals surface area contributed by atoms with Crippen LogP contribution in [0.2, 0.25) is 0 Å². The first-order valence-corrected chi connectivity index (χ1v) is 8.31. The van der Waals surface area contributed by atoms with Crippen LogP contribution >= 0.6 is 0 Å². The minimum Gasteiger partial charge on any atom is -0.445 e. The van der Waals surface area contributed by atoms with Gasteiger partial charge in [0.25, 0.3) is 5.56 Å². The van der Waals surface area contributed by atoms with Gasteiger partial charge in [0.2, 0.25) is 0 Å². The molecule has 0 spiro atoms. The van der Waals surface area contributed by atoms with Crippen LogP contribution < -0.4 is 10.9 Å². The summed E-state index contributed by atoms with van der Waals surface area (Å²) >= 11 is 0. The number of hydrogen-bond donors (Lipinski definition) is 2. The second-order valence-corrected chi connectivity index (χ2v) is 6.39. The Hall–Kier alpha value is -3.55. The number of amides is 1. The van der Waals surface area contributed by atoms with Crippen molar-refractivity contribution >= 4 is 6.09 Å². The van der Waals surface area contributed by atoms with E-state index >= 15 is 0 Å². The van der Waals surface area contributed by atoms with Gasteiger partial charge in [-0.1, -0.05) is 30.3 Å². The Morgan fingerprint density at radius 3 is 2.67 bits per heavy atom. The van der Waals surface area contributed by atoms with Crippen LogP contribution in [0.3, 0.4) is 0 Å². The van der Waals surface area contributed by atoms with Gasteiger partial charge in [0.05, 0.1) is 16.9 Å². The molecule has 138 valence electrons. The molecule has 2 aromatic heterocycles. The highest BCUT2D eigenvalue weighted by molar-refractivity contribution is 5.68. The number of ether oxygens (including phenoxy) is 1. The fourth-order valence-corrected chi connectivity index (χ4v) is 2.40. The number of nitrogens with zero attached hydrogens (tertiary/aromatic N) is 3. The summed E-state index contributed by atoms with van der Waals surface area (Å²) < 4.78 is 5.24. The molecule has 2 heterocycles. The monoisotopic (exact) mass is 365 g/mol. The van der Waals surface area contributed by atoms with Gasteiger partial charge in [-0.3, -0.25) is 4.79 Å². The lowest BCUT2D eigenvalue weighted by Gasteiger charge is -2.25. The zero-order valence-corrected chi connectivity index (χ0v) is 15.0. The van der Waals surface area contributed by atoms with Gasteiger partial charge in [-0.05, 0) is 25.5 Å². The molecule has 0 aliphatic heterocycles. The highest BCUT2D eigenvalue weighted by atomic mass is 16.5. The van der Waals surface area contributed by atoms with Gasteiger partial charge in [0.1, 0.15) is 18.8 Å². The minimum atomic E-state index is -0.962. The van der Waals surface area contributed by atoms with E-state index in [0.717, 1.165) is 5.56 Å². The molecular weight excluding hydrogens is 346 g/mol. The molecule has 3 aromatic rings. The molecule has 0 fully saturated rings. The maximum atomic E-state index is 12.2. The Balaban J connectivity index is 1.75. The van der Waals surface area contributed by atoms with E-state index in [1.807, 2.05) is 30.3 Å². The number of alkyl carbamates (subject to hydrolysis) is 1. The van der Waals surface area contributed by atoms with E-state index in [9.17, 15) is 9.59 Å². The van der Waals surface area contributed by atoms with Crippen molar-refractivity contribution < 1.29 is 9.53 Å². The predicted octanol–water partition coefficient (Wildman–Crippen LogP) is 2.39. The number of benzene rings is 1. The molecule has 3 rings (SSSR count). The number of hydrogen-bond acceptors (Lipinski definition) is 6. The summed E-state index contributed by atoms with van der Waals surface area (Å²) in [6, 6.07) is 12.3. The second-order valence-electron chi connectivity index (χ2n) is 6.39. The molecular formula is C19H19N5O3.